The summed E-state index contributed by atoms with van der Waals surface area (Å²) < 4.78 is 5.17. The molecule has 2 aromatic rings. The van der Waals surface area contributed by atoms with E-state index in [1.807, 2.05) is 43.3 Å². The summed E-state index contributed by atoms with van der Waals surface area (Å²) in [6.45, 7) is 2.63. The number of rotatable bonds is 3. The van der Waals surface area contributed by atoms with E-state index >= 15 is 0 Å². The molecule has 2 rings (SSSR count). The standard InChI is InChI=1S/C14H15NO2/c1-2-9-15-14(16)17-13-8-7-11-5-3-4-6-12(11)10-13/h3-8,10H,2,9H2,1H3,(H,15,16). The lowest BCUT2D eigenvalue weighted by Crippen LogP contribution is -2.27. The summed E-state index contributed by atoms with van der Waals surface area (Å²) >= 11 is 0. The second kappa shape index (κ2) is 5.34. The van der Waals surface area contributed by atoms with E-state index < -0.39 is 6.09 Å². The summed E-state index contributed by atoms with van der Waals surface area (Å²) in [6, 6.07) is 13.6. The maximum atomic E-state index is 11.4. The van der Waals surface area contributed by atoms with Crippen LogP contribution >= 0.6 is 0 Å². The van der Waals surface area contributed by atoms with Crippen LogP contribution in [0.3, 0.4) is 0 Å². The van der Waals surface area contributed by atoms with Crippen molar-refractivity contribution in [2.75, 3.05) is 6.54 Å². The fourth-order valence-corrected chi connectivity index (χ4v) is 1.60. The van der Waals surface area contributed by atoms with Crippen molar-refractivity contribution in [3.8, 4) is 5.75 Å². The summed E-state index contributed by atoms with van der Waals surface area (Å²) in [6.07, 6.45) is 0.495. The maximum absolute atomic E-state index is 11.4. The third-order valence-corrected chi connectivity index (χ3v) is 2.45. The van der Waals surface area contributed by atoms with Gasteiger partial charge in [0.2, 0.25) is 0 Å². The molecule has 0 aliphatic rings. The van der Waals surface area contributed by atoms with E-state index in [2.05, 4.69) is 5.32 Å². The van der Waals surface area contributed by atoms with Crippen LogP contribution in [-0.4, -0.2) is 12.6 Å². The fraction of sp³-hybridized carbons (Fsp3) is 0.214. The lowest BCUT2D eigenvalue weighted by atomic mass is 10.1. The van der Waals surface area contributed by atoms with Crippen LogP contribution in [0.1, 0.15) is 13.3 Å². The molecule has 1 amide bonds. The zero-order chi connectivity index (χ0) is 12.1. The van der Waals surface area contributed by atoms with E-state index in [0.29, 0.717) is 12.3 Å². The third-order valence-electron chi connectivity index (χ3n) is 2.45. The molecule has 0 bridgehead atoms. The summed E-state index contributed by atoms with van der Waals surface area (Å²) in [4.78, 5) is 11.4. The monoisotopic (exact) mass is 229 g/mol. The summed E-state index contributed by atoms with van der Waals surface area (Å²) in [5, 5.41) is 4.86. The second-order valence-electron chi connectivity index (χ2n) is 3.83. The number of amides is 1. The summed E-state index contributed by atoms with van der Waals surface area (Å²) in [5.41, 5.74) is 0. The van der Waals surface area contributed by atoms with Gasteiger partial charge in [-0.3, -0.25) is 0 Å². The van der Waals surface area contributed by atoms with E-state index in [4.69, 9.17) is 4.74 Å². The molecular formula is C14H15NO2. The normalized spacial score (nSPS) is 10.2. The number of nitrogens with one attached hydrogen (secondary N) is 1. The number of fused-ring (bicyclic) bond motifs is 1. The highest BCUT2D eigenvalue weighted by Crippen LogP contribution is 2.20. The van der Waals surface area contributed by atoms with Crippen LogP contribution in [0.4, 0.5) is 4.79 Å². The molecule has 0 fully saturated rings. The van der Waals surface area contributed by atoms with Gasteiger partial charge in [0.1, 0.15) is 5.75 Å². The number of benzene rings is 2. The minimum absolute atomic E-state index is 0.401. The third kappa shape index (κ3) is 2.97. The number of ether oxygens (including phenoxy) is 1. The van der Waals surface area contributed by atoms with Gasteiger partial charge >= 0.3 is 6.09 Å². The van der Waals surface area contributed by atoms with E-state index in [0.717, 1.165) is 17.2 Å². The SMILES string of the molecule is CCCNC(=O)Oc1ccc2ccccc2c1. The van der Waals surface area contributed by atoms with Crippen molar-refractivity contribution in [2.24, 2.45) is 0 Å². The molecule has 0 saturated carbocycles. The van der Waals surface area contributed by atoms with Crippen LogP contribution in [0, 0.1) is 0 Å². The summed E-state index contributed by atoms with van der Waals surface area (Å²) in [5.74, 6) is 0.567. The lowest BCUT2D eigenvalue weighted by Gasteiger charge is -2.06. The molecule has 3 nitrogen and oxygen atoms in total. The van der Waals surface area contributed by atoms with Crippen LogP contribution < -0.4 is 10.1 Å². The van der Waals surface area contributed by atoms with Crippen LogP contribution in [-0.2, 0) is 0 Å². The van der Waals surface area contributed by atoms with E-state index in [-0.39, 0.29) is 0 Å². The molecule has 0 aliphatic carbocycles. The number of carbonyl (C=O) groups is 1. The Morgan fingerprint density at radius 1 is 1.18 bits per heavy atom. The second-order valence-corrected chi connectivity index (χ2v) is 3.83. The first-order valence-electron chi connectivity index (χ1n) is 5.74. The first-order chi connectivity index (χ1) is 8.29. The first-order valence-corrected chi connectivity index (χ1v) is 5.74. The van der Waals surface area contributed by atoms with Crippen molar-refractivity contribution in [1.82, 2.24) is 5.32 Å². The van der Waals surface area contributed by atoms with Gasteiger partial charge in [0.05, 0.1) is 0 Å². The molecule has 0 heterocycles. The van der Waals surface area contributed by atoms with Crippen LogP contribution in [0.15, 0.2) is 42.5 Å². The number of carbonyl (C=O) groups excluding carboxylic acids is 1. The average molecular weight is 229 g/mol. The van der Waals surface area contributed by atoms with E-state index in [9.17, 15) is 4.79 Å². The zero-order valence-electron chi connectivity index (χ0n) is 9.77. The molecule has 0 saturated heterocycles. The fourth-order valence-electron chi connectivity index (χ4n) is 1.60. The van der Waals surface area contributed by atoms with Gasteiger partial charge < -0.3 is 10.1 Å². The van der Waals surface area contributed by atoms with Crippen molar-refractivity contribution >= 4 is 16.9 Å². The largest absolute Gasteiger partial charge is 0.412 e. The van der Waals surface area contributed by atoms with Gasteiger partial charge in [0.25, 0.3) is 0 Å². The molecule has 0 spiro atoms. The van der Waals surface area contributed by atoms with E-state index in [1.165, 1.54) is 0 Å². The Bertz CT molecular complexity index is 522. The van der Waals surface area contributed by atoms with Crippen molar-refractivity contribution < 1.29 is 9.53 Å². The lowest BCUT2D eigenvalue weighted by molar-refractivity contribution is 0.200. The molecular weight excluding hydrogens is 214 g/mol. The molecule has 0 aliphatic heterocycles. The highest BCUT2D eigenvalue weighted by atomic mass is 16.5. The van der Waals surface area contributed by atoms with E-state index in [1.54, 1.807) is 6.07 Å². The van der Waals surface area contributed by atoms with Crippen molar-refractivity contribution in [1.29, 1.82) is 0 Å². The molecule has 88 valence electrons. The molecule has 0 unspecified atom stereocenters. The van der Waals surface area contributed by atoms with Gasteiger partial charge in [-0.2, -0.15) is 0 Å². The Kier molecular flexibility index (Phi) is 3.60. The first kappa shape index (κ1) is 11.5. The minimum atomic E-state index is -0.401. The highest BCUT2D eigenvalue weighted by molar-refractivity contribution is 5.84. The average Bonchev–Trinajstić information content (AvgIpc) is 2.36. The van der Waals surface area contributed by atoms with Gasteiger partial charge in [0.15, 0.2) is 0 Å². The van der Waals surface area contributed by atoms with Crippen LogP contribution in [0.2, 0.25) is 0 Å². The summed E-state index contributed by atoms with van der Waals surface area (Å²) in [7, 11) is 0. The topological polar surface area (TPSA) is 38.3 Å². The Balaban J connectivity index is 2.11. The van der Waals surface area contributed by atoms with Gasteiger partial charge in [-0.15, -0.1) is 0 Å². The van der Waals surface area contributed by atoms with Gasteiger partial charge in [0, 0.05) is 6.54 Å². The molecule has 0 radical (unpaired) electrons. The highest BCUT2D eigenvalue weighted by Gasteiger charge is 2.03. The quantitative estimate of drug-likeness (QED) is 0.876. The van der Waals surface area contributed by atoms with Crippen LogP contribution in [0.5, 0.6) is 5.75 Å². The Morgan fingerprint density at radius 2 is 1.94 bits per heavy atom. The predicted octanol–water partition coefficient (Wildman–Crippen LogP) is 3.34. The smallest absolute Gasteiger partial charge is 0.410 e. The van der Waals surface area contributed by atoms with Gasteiger partial charge in [-0.05, 0) is 29.3 Å². The van der Waals surface area contributed by atoms with Crippen molar-refractivity contribution in [3.05, 3.63) is 42.5 Å². The molecule has 0 atom stereocenters. The molecule has 3 heteroatoms. The Labute approximate surface area is 100 Å². The minimum Gasteiger partial charge on any atom is -0.410 e. The Hall–Kier alpha value is -2.03. The van der Waals surface area contributed by atoms with Gasteiger partial charge in [-0.25, -0.2) is 4.79 Å². The van der Waals surface area contributed by atoms with Crippen LogP contribution in [0.25, 0.3) is 10.8 Å². The molecule has 2 aromatic carbocycles. The Morgan fingerprint density at radius 3 is 2.71 bits per heavy atom. The number of hydrogen-bond acceptors (Lipinski definition) is 2. The number of hydrogen-bond donors (Lipinski definition) is 1. The zero-order valence-corrected chi connectivity index (χ0v) is 9.77. The molecule has 0 aromatic heterocycles. The molecule has 1 N–H and O–H groups in total. The van der Waals surface area contributed by atoms with Crippen molar-refractivity contribution in [2.45, 2.75) is 13.3 Å². The van der Waals surface area contributed by atoms with Gasteiger partial charge in [-0.1, -0.05) is 37.3 Å². The maximum Gasteiger partial charge on any atom is 0.412 e. The predicted molar refractivity (Wildman–Crippen MR) is 68.3 cm³/mol. The van der Waals surface area contributed by atoms with Crippen molar-refractivity contribution in [3.63, 3.8) is 0 Å². The molecule has 17 heavy (non-hydrogen) atoms.